The lowest BCUT2D eigenvalue weighted by Crippen LogP contribution is -2.50. The van der Waals surface area contributed by atoms with E-state index in [-0.39, 0.29) is 6.61 Å². The zero-order valence-electron chi connectivity index (χ0n) is 12.1. The Morgan fingerprint density at radius 1 is 1.15 bits per heavy atom. The molecule has 0 heterocycles. The lowest BCUT2D eigenvalue weighted by atomic mass is 9.91. The molecule has 2 fully saturated rings. The predicted molar refractivity (Wildman–Crippen MR) is 79.5 cm³/mol. The van der Waals surface area contributed by atoms with Gasteiger partial charge in [0, 0.05) is 12.6 Å². The van der Waals surface area contributed by atoms with Crippen LogP contribution in [0.1, 0.15) is 37.7 Å². The fourth-order valence-corrected chi connectivity index (χ4v) is 2.67. The van der Waals surface area contributed by atoms with Crippen LogP contribution in [0.4, 0.5) is 0 Å². The van der Waals surface area contributed by atoms with Crippen LogP contribution in [-0.2, 0) is 10.3 Å². The summed E-state index contributed by atoms with van der Waals surface area (Å²) in [5.74, 6) is 0.895. The van der Waals surface area contributed by atoms with E-state index in [9.17, 15) is 5.11 Å². The van der Waals surface area contributed by atoms with Crippen molar-refractivity contribution in [2.45, 2.75) is 43.7 Å². The molecule has 2 N–H and O–H groups in total. The first-order chi connectivity index (χ1) is 9.82. The number of nitrogens with one attached hydrogen (secondary N) is 1. The molecule has 20 heavy (non-hydrogen) atoms. The van der Waals surface area contributed by atoms with Crippen molar-refractivity contribution < 1.29 is 9.84 Å². The molecule has 0 saturated heterocycles. The largest absolute Gasteiger partial charge is 0.394 e. The molecule has 1 aromatic carbocycles. The van der Waals surface area contributed by atoms with Crippen LogP contribution < -0.4 is 5.32 Å². The second kappa shape index (κ2) is 6.25. The zero-order chi connectivity index (χ0) is 13.8. The summed E-state index contributed by atoms with van der Waals surface area (Å²) in [6, 6.07) is 10.8. The topological polar surface area (TPSA) is 41.5 Å². The Morgan fingerprint density at radius 3 is 2.50 bits per heavy atom. The van der Waals surface area contributed by atoms with Gasteiger partial charge in [-0.3, -0.25) is 0 Å². The monoisotopic (exact) mass is 275 g/mol. The smallest absolute Gasteiger partial charge is 0.0908 e. The summed E-state index contributed by atoms with van der Waals surface area (Å²) in [5, 5.41) is 13.6. The van der Waals surface area contributed by atoms with Crippen LogP contribution in [-0.4, -0.2) is 31.0 Å². The van der Waals surface area contributed by atoms with Gasteiger partial charge < -0.3 is 15.2 Å². The van der Waals surface area contributed by atoms with Gasteiger partial charge in [-0.1, -0.05) is 43.2 Å². The molecule has 1 atom stereocenters. The van der Waals surface area contributed by atoms with Crippen LogP contribution in [0.25, 0.3) is 0 Å². The summed E-state index contributed by atoms with van der Waals surface area (Å²) >= 11 is 0. The van der Waals surface area contributed by atoms with Crippen molar-refractivity contribution in [3.05, 3.63) is 35.9 Å². The summed E-state index contributed by atoms with van der Waals surface area (Å²) in [6.07, 6.45) is 6.31. The molecule has 2 aliphatic carbocycles. The molecule has 0 amide bonds. The number of aliphatic hydroxyl groups is 1. The Morgan fingerprint density at radius 2 is 1.90 bits per heavy atom. The van der Waals surface area contributed by atoms with Gasteiger partial charge in [0.25, 0.3) is 0 Å². The summed E-state index contributed by atoms with van der Waals surface area (Å²) in [6.45, 7) is 1.44. The molecule has 0 bridgehead atoms. The minimum Gasteiger partial charge on any atom is -0.394 e. The van der Waals surface area contributed by atoms with Crippen LogP contribution >= 0.6 is 0 Å². The maximum Gasteiger partial charge on any atom is 0.0908 e. The molecule has 1 aromatic rings. The third kappa shape index (κ3) is 3.60. The fourth-order valence-electron chi connectivity index (χ4n) is 2.67. The lowest BCUT2D eigenvalue weighted by Gasteiger charge is -2.33. The first kappa shape index (κ1) is 14.1. The summed E-state index contributed by atoms with van der Waals surface area (Å²) in [7, 11) is 0. The van der Waals surface area contributed by atoms with Gasteiger partial charge in [-0.05, 0) is 30.7 Å². The molecule has 3 heteroatoms. The van der Waals surface area contributed by atoms with Gasteiger partial charge in [0.05, 0.1) is 18.8 Å². The molecule has 3 rings (SSSR count). The molecule has 0 aromatic heterocycles. The van der Waals surface area contributed by atoms with Crippen LogP contribution in [0.5, 0.6) is 0 Å². The SMILES string of the molecule is OCC(COCCC1CC1)(NC1CC1)c1ccccc1. The standard InChI is InChI=1S/C17H25NO2/c19-12-17(18-16-8-9-16,15-4-2-1-3-5-15)13-20-11-10-14-6-7-14/h1-5,14,16,18-19H,6-13H2. The Labute approximate surface area is 121 Å². The molecule has 2 saturated carbocycles. The number of rotatable bonds is 9. The van der Waals surface area contributed by atoms with Crippen molar-refractivity contribution in [3.8, 4) is 0 Å². The highest BCUT2D eigenvalue weighted by molar-refractivity contribution is 5.25. The fraction of sp³-hybridized carbons (Fsp3) is 0.647. The van der Waals surface area contributed by atoms with Crippen LogP contribution in [0, 0.1) is 5.92 Å². The van der Waals surface area contributed by atoms with E-state index >= 15 is 0 Å². The second-order valence-electron chi connectivity index (χ2n) is 6.31. The average Bonchev–Trinajstić information content (AvgIpc) is 3.38. The number of benzene rings is 1. The number of hydrogen-bond acceptors (Lipinski definition) is 3. The van der Waals surface area contributed by atoms with Gasteiger partial charge in [0.15, 0.2) is 0 Å². The van der Waals surface area contributed by atoms with E-state index in [1.54, 1.807) is 0 Å². The van der Waals surface area contributed by atoms with Gasteiger partial charge in [-0.2, -0.15) is 0 Å². The molecule has 0 spiro atoms. The molecule has 1 unspecified atom stereocenters. The molecule has 110 valence electrons. The minimum absolute atomic E-state index is 0.0803. The maximum atomic E-state index is 9.98. The van der Waals surface area contributed by atoms with Crippen LogP contribution in [0.15, 0.2) is 30.3 Å². The van der Waals surface area contributed by atoms with Gasteiger partial charge in [-0.15, -0.1) is 0 Å². The Kier molecular flexibility index (Phi) is 4.39. The van der Waals surface area contributed by atoms with E-state index in [4.69, 9.17) is 4.74 Å². The highest BCUT2D eigenvalue weighted by Gasteiger charge is 2.37. The van der Waals surface area contributed by atoms with Crippen molar-refractivity contribution in [1.82, 2.24) is 5.32 Å². The van der Waals surface area contributed by atoms with E-state index in [0.29, 0.717) is 12.6 Å². The van der Waals surface area contributed by atoms with Gasteiger partial charge in [-0.25, -0.2) is 0 Å². The van der Waals surface area contributed by atoms with Crippen molar-refractivity contribution in [1.29, 1.82) is 0 Å². The molecule has 0 radical (unpaired) electrons. The van der Waals surface area contributed by atoms with Crippen molar-refractivity contribution in [2.75, 3.05) is 19.8 Å². The Balaban J connectivity index is 1.63. The van der Waals surface area contributed by atoms with Gasteiger partial charge in [0.1, 0.15) is 0 Å². The second-order valence-corrected chi connectivity index (χ2v) is 6.31. The normalized spacial score (nSPS) is 21.6. The van der Waals surface area contributed by atoms with E-state index in [1.807, 2.05) is 18.2 Å². The van der Waals surface area contributed by atoms with E-state index in [0.717, 1.165) is 18.1 Å². The number of ether oxygens (including phenoxy) is 1. The van der Waals surface area contributed by atoms with Crippen molar-refractivity contribution >= 4 is 0 Å². The minimum atomic E-state index is -0.439. The third-order valence-corrected chi connectivity index (χ3v) is 4.37. The first-order valence-electron chi connectivity index (χ1n) is 7.84. The van der Waals surface area contributed by atoms with Gasteiger partial charge in [0.2, 0.25) is 0 Å². The predicted octanol–water partition coefficient (Wildman–Crippen LogP) is 2.44. The highest BCUT2D eigenvalue weighted by Crippen LogP contribution is 2.33. The quantitative estimate of drug-likeness (QED) is 0.680. The first-order valence-corrected chi connectivity index (χ1v) is 7.84. The van der Waals surface area contributed by atoms with E-state index in [2.05, 4.69) is 17.4 Å². The summed E-state index contributed by atoms with van der Waals surface area (Å²) in [5.41, 5.74) is 0.687. The summed E-state index contributed by atoms with van der Waals surface area (Å²) < 4.78 is 5.90. The number of aliphatic hydroxyl groups excluding tert-OH is 1. The van der Waals surface area contributed by atoms with Crippen LogP contribution in [0.2, 0.25) is 0 Å². The molecular weight excluding hydrogens is 250 g/mol. The summed E-state index contributed by atoms with van der Waals surface area (Å²) in [4.78, 5) is 0. The molecule has 3 nitrogen and oxygen atoms in total. The number of hydrogen-bond donors (Lipinski definition) is 2. The van der Waals surface area contributed by atoms with Gasteiger partial charge >= 0.3 is 0 Å². The Hall–Kier alpha value is -0.900. The van der Waals surface area contributed by atoms with E-state index < -0.39 is 5.54 Å². The molecular formula is C17H25NO2. The average molecular weight is 275 g/mol. The van der Waals surface area contributed by atoms with Crippen molar-refractivity contribution in [3.63, 3.8) is 0 Å². The Bertz CT molecular complexity index is 414. The molecule has 2 aliphatic rings. The van der Waals surface area contributed by atoms with E-state index in [1.165, 1.54) is 32.1 Å². The van der Waals surface area contributed by atoms with Crippen molar-refractivity contribution in [2.24, 2.45) is 5.92 Å². The lowest BCUT2D eigenvalue weighted by molar-refractivity contribution is 0.0299. The third-order valence-electron chi connectivity index (χ3n) is 4.37. The maximum absolute atomic E-state index is 9.98. The van der Waals surface area contributed by atoms with Crippen LogP contribution in [0.3, 0.4) is 0 Å². The highest BCUT2D eigenvalue weighted by atomic mass is 16.5. The molecule has 0 aliphatic heterocycles. The zero-order valence-corrected chi connectivity index (χ0v) is 12.1.